The van der Waals surface area contributed by atoms with E-state index in [2.05, 4.69) is 13.8 Å². The Balaban J connectivity index is 0.921. The summed E-state index contributed by atoms with van der Waals surface area (Å²) in [7, 11) is 0. The molecule has 5 aliphatic carbocycles. The lowest BCUT2D eigenvalue weighted by molar-refractivity contribution is -0.170. The van der Waals surface area contributed by atoms with Gasteiger partial charge in [0.15, 0.2) is 0 Å². The molecule has 0 unspecified atom stereocenters. The number of ketones is 1. The normalized spacial score (nSPS) is 37.2. The highest BCUT2D eigenvalue weighted by atomic mass is 16.1. The number of Topliss-reactive ketones (excluding diaryl/α,β-unsaturated/α-hetero) is 1. The molecule has 5 fully saturated rings. The van der Waals surface area contributed by atoms with Crippen LogP contribution in [0.1, 0.15) is 226 Å². The van der Waals surface area contributed by atoms with Gasteiger partial charge in [0.2, 0.25) is 0 Å². The number of hydrogen-bond donors (Lipinski definition) is 0. The first-order valence-corrected chi connectivity index (χ1v) is 21.6. The average Bonchev–Trinajstić information content (AvgIpc) is 3.08. The van der Waals surface area contributed by atoms with E-state index in [9.17, 15) is 4.79 Å². The minimum absolute atomic E-state index is 0.131. The average molecular weight is 623 g/mol. The second-order valence-electron chi connectivity index (χ2n) is 18.1. The van der Waals surface area contributed by atoms with E-state index in [-0.39, 0.29) is 10.8 Å². The molecule has 2 spiro atoms. The highest BCUT2D eigenvalue weighted by Crippen LogP contribution is 2.65. The number of carbonyl (C=O) groups excluding carboxylic acids is 1. The van der Waals surface area contributed by atoms with Gasteiger partial charge in [-0.3, -0.25) is 4.79 Å². The van der Waals surface area contributed by atoms with Crippen LogP contribution in [-0.2, 0) is 4.79 Å². The van der Waals surface area contributed by atoms with Gasteiger partial charge in [0.25, 0.3) is 0 Å². The van der Waals surface area contributed by atoms with E-state index >= 15 is 0 Å². The van der Waals surface area contributed by atoms with Crippen LogP contribution in [0.4, 0.5) is 0 Å². The summed E-state index contributed by atoms with van der Waals surface area (Å²) < 4.78 is 0. The zero-order chi connectivity index (χ0) is 31.4. The lowest BCUT2D eigenvalue weighted by Gasteiger charge is -2.60. The topological polar surface area (TPSA) is 17.1 Å². The highest BCUT2D eigenvalue weighted by Gasteiger charge is 2.63. The molecule has 0 amide bonds. The number of rotatable bonds is 18. The van der Waals surface area contributed by atoms with Crippen LogP contribution in [0.15, 0.2) is 0 Å². The van der Waals surface area contributed by atoms with Gasteiger partial charge < -0.3 is 0 Å². The van der Waals surface area contributed by atoms with Gasteiger partial charge >= 0.3 is 0 Å². The van der Waals surface area contributed by atoms with Crippen molar-refractivity contribution in [3.05, 3.63) is 0 Å². The Bertz CT molecular complexity index is 744. The largest absolute Gasteiger partial charge is 0.298 e. The zero-order valence-electron chi connectivity index (χ0n) is 30.7. The Kier molecular flexibility index (Phi) is 14.7. The first-order valence-electron chi connectivity index (χ1n) is 21.6. The van der Waals surface area contributed by atoms with Crippen LogP contribution in [0.25, 0.3) is 0 Å². The van der Waals surface area contributed by atoms with Crippen LogP contribution < -0.4 is 0 Å². The van der Waals surface area contributed by atoms with Crippen LogP contribution >= 0.6 is 0 Å². The predicted octanol–water partition coefficient (Wildman–Crippen LogP) is 14.2. The molecule has 5 rings (SSSR count). The summed E-state index contributed by atoms with van der Waals surface area (Å²) in [6.45, 7) is 4.63. The fourth-order valence-electron chi connectivity index (χ4n) is 12.1. The molecule has 5 aliphatic rings. The molecule has 45 heavy (non-hydrogen) atoms. The number of unbranched alkanes of at least 4 members (excludes halogenated alkanes) is 12. The molecule has 0 atom stereocenters. The Hall–Kier alpha value is -0.330. The SMILES string of the molecule is CCCCCCCCCC1CCC(C2CC[C@]3(CC2)C[C@@]2(CC[C@H](C4CCC(CCCCCCCCC)CC4)CC2)C3=O)CC1. The van der Waals surface area contributed by atoms with Gasteiger partial charge in [-0.15, -0.1) is 0 Å². The molecule has 0 heterocycles. The number of carbonyl (C=O) groups is 1. The van der Waals surface area contributed by atoms with Gasteiger partial charge in [-0.1, -0.05) is 142 Å². The summed E-state index contributed by atoms with van der Waals surface area (Å²) in [5.74, 6) is 6.67. The van der Waals surface area contributed by atoms with E-state index in [4.69, 9.17) is 0 Å². The van der Waals surface area contributed by atoms with E-state index < -0.39 is 0 Å². The summed E-state index contributed by atoms with van der Waals surface area (Å²) in [5, 5.41) is 0. The van der Waals surface area contributed by atoms with E-state index in [1.54, 1.807) is 0 Å². The fourth-order valence-corrected chi connectivity index (χ4v) is 12.1. The van der Waals surface area contributed by atoms with Gasteiger partial charge in [-0.25, -0.2) is 0 Å². The van der Waals surface area contributed by atoms with Gasteiger partial charge in [0.05, 0.1) is 0 Å². The van der Waals surface area contributed by atoms with Crippen LogP contribution in [0.5, 0.6) is 0 Å². The van der Waals surface area contributed by atoms with Crippen molar-refractivity contribution in [1.29, 1.82) is 0 Å². The second kappa shape index (κ2) is 18.4. The summed E-state index contributed by atoms with van der Waals surface area (Å²) in [6.07, 6.45) is 47.1. The standard InChI is InChI=1S/C44H78O/c1-3-5-7-9-11-13-15-17-36-19-23-38(24-20-36)40-27-31-43(32-28-40)35-44(42(43)45)33-29-41(30-34-44)39-25-21-37(22-26-39)18-16-14-12-10-8-6-4-2/h36-41H,3-35H2,1-2H3/t36?,37?,38?,39?,40-,41?,43-,44-. The first kappa shape index (κ1) is 36.0. The molecule has 0 aromatic rings. The molecule has 5 saturated carbocycles. The lowest BCUT2D eigenvalue weighted by atomic mass is 9.42. The lowest BCUT2D eigenvalue weighted by Crippen LogP contribution is -2.60. The molecule has 0 aromatic carbocycles. The Morgan fingerprint density at radius 1 is 0.422 bits per heavy atom. The second-order valence-corrected chi connectivity index (χ2v) is 18.1. The smallest absolute Gasteiger partial charge is 0.145 e. The molecule has 0 N–H and O–H groups in total. The zero-order valence-corrected chi connectivity index (χ0v) is 30.7. The van der Waals surface area contributed by atoms with Crippen molar-refractivity contribution in [1.82, 2.24) is 0 Å². The molecule has 0 aromatic heterocycles. The Labute approximate surface area is 282 Å². The molecule has 0 aliphatic heterocycles. The Morgan fingerprint density at radius 3 is 1.07 bits per heavy atom. The molecular formula is C44H78O. The van der Waals surface area contributed by atoms with Crippen LogP contribution in [0.2, 0.25) is 0 Å². The van der Waals surface area contributed by atoms with Crippen molar-refractivity contribution < 1.29 is 4.79 Å². The molecule has 0 radical (unpaired) electrons. The molecule has 1 heteroatoms. The first-order chi connectivity index (χ1) is 22.1. The van der Waals surface area contributed by atoms with Crippen molar-refractivity contribution in [2.75, 3.05) is 0 Å². The van der Waals surface area contributed by atoms with E-state index in [0.717, 1.165) is 41.3 Å². The van der Waals surface area contributed by atoms with Crippen molar-refractivity contribution in [2.24, 2.45) is 46.3 Å². The van der Waals surface area contributed by atoms with Gasteiger partial charge in [-0.05, 0) is 119 Å². The molecule has 0 saturated heterocycles. The van der Waals surface area contributed by atoms with E-state index in [1.165, 1.54) is 212 Å². The Morgan fingerprint density at radius 2 is 0.733 bits per heavy atom. The minimum Gasteiger partial charge on any atom is -0.298 e. The van der Waals surface area contributed by atoms with Gasteiger partial charge in [-0.2, -0.15) is 0 Å². The quantitative estimate of drug-likeness (QED) is 0.139. The van der Waals surface area contributed by atoms with Crippen LogP contribution in [0, 0.1) is 46.3 Å². The predicted molar refractivity (Wildman–Crippen MR) is 195 cm³/mol. The third-order valence-corrected chi connectivity index (χ3v) is 15.2. The minimum atomic E-state index is 0.131. The summed E-state index contributed by atoms with van der Waals surface area (Å²) in [4.78, 5) is 14.0. The monoisotopic (exact) mass is 623 g/mol. The van der Waals surface area contributed by atoms with E-state index in [0.29, 0.717) is 0 Å². The third kappa shape index (κ3) is 9.87. The maximum atomic E-state index is 14.0. The summed E-state index contributed by atoms with van der Waals surface area (Å²) in [5.41, 5.74) is 0.261. The summed E-state index contributed by atoms with van der Waals surface area (Å²) >= 11 is 0. The van der Waals surface area contributed by atoms with Gasteiger partial charge in [0.1, 0.15) is 5.78 Å². The summed E-state index contributed by atoms with van der Waals surface area (Å²) in [6, 6.07) is 0. The van der Waals surface area contributed by atoms with Gasteiger partial charge in [0, 0.05) is 10.8 Å². The number of hydrogen-bond acceptors (Lipinski definition) is 1. The molecular weight excluding hydrogens is 544 g/mol. The van der Waals surface area contributed by atoms with Crippen molar-refractivity contribution in [3.63, 3.8) is 0 Å². The molecule has 1 nitrogen and oxygen atoms in total. The van der Waals surface area contributed by atoms with Crippen LogP contribution in [0.3, 0.4) is 0 Å². The third-order valence-electron chi connectivity index (χ3n) is 15.2. The molecule has 260 valence electrons. The van der Waals surface area contributed by atoms with E-state index in [1.807, 2.05) is 0 Å². The van der Waals surface area contributed by atoms with Crippen molar-refractivity contribution in [2.45, 2.75) is 226 Å². The van der Waals surface area contributed by atoms with Crippen molar-refractivity contribution in [3.8, 4) is 0 Å². The van der Waals surface area contributed by atoms with Crippen molar-refractivity contribution >= 4 is 5.78 Å². The highest BCUT2D eigenvalue weighted by molar-refractivity contribution is 5.96. The van der Waals surface area contributed by atoms with Crippen LogP contribution in [-0.4, -0.2) is 5.78 Å². The maximum absolute atomic E-state index is 14.0. The molecule has 0 bridgehead atoms. The fraction of sp³-hybridized carbons (Fsp3) is 0.977. The maximum Gasteiger partial charge on any atom is 0.145 e.